The first kappa shape index (κ1) is 25.7. The van der Waals surface area contributed by atoms with Gasteiger partial charge in [0, 0.05) is 6.54 Å². The van der Waals surface area contributed by atoms with Crippen LogP contribution in [0.3, 0.4) is 0 Å². The molecule has 1 aliphatic carbocycles. The molecule has 1 fully saturated rings. The maximum absolute atomic E-state index is 13.9. The number of methoxy groups -OCH3 is 2. The van der Waals surface area contributed by atoms with Crippen molar-refractivity contribution in [3.63, 3.8) is 0 Å². The van der Waals surface area contributed by atoms with Crippen LogP contribution in [0.25, 0.3) is 0 Å². The van der Waals surface area contributed by atoms with Gasteiger partial charge in [0.15, 0.2) is 17.6 Å². The van der Waals surface area contributed by atoms with Crippen molar-refractivity contribution in [3.8, 4) is 11.5 Å². The fourth-order valence-corrected chi connectivity index (χ4v) is 6.79. The lowest BCUT2D eigenvalue weighted by molar-refractivity contribution is -0.159. The highest BCUT2D eigenvalue weighted by Crippen LogP contribution is 2.55. The lowest BCUT2D eigenvalue weighted by Crippen LogP contribution is -2.47. The van der Waals surface area contributed by atoms with Gasteiger partial charge >= 0.3 is 11.9 Å². The summed E-state index contributed by atoms with van der Waals surface area (Å²) in [5.41, 5.74) is 2.42. The summed E-state index contributed by atoms with van der Waals surface area (Å²) >= 11 is 0. The number of benzene rings is 2. The van der Waals surface area contributed by atoms with Gasteiger partial charge in [-0.15, -0.1) is 0 Å². The van der Waals surface area contributed by atoms with Crippen molar-refractivity contribution in [2.45, 2.75) is 49.7 Å². The largest absolute Gasteiger partial charge is 0.497 e. The van der Waals surface area contributed by atoms with Gasteiger partial charge in [-0.3, -0.25) is 14.5 Å². The highest BCUT2D eigenvalue weighted by atomic mass is 19.1. The Morgan fingerprint density at radius 1 is 1.15 bits per heavy atom. The SMILES string of the molecule is COC(=O)C[C@H](Cc1cccc(F)c1)C(=O)O[C@@H]1C(OC)=C[C@]23CCCN2CCc2cc4c(cc2[C@H]13)OCO4. The van der Waals surface area contributed by atoms with E-state index in [1.807, 2.05) is 12.1 Å². The Morgan fingerprint density at radius 2 is 1.97 bits per heavy atom. The highest BCUT2D eigenvalue weighted by Gasteiger charge is 2.58. The second kappa shape index (κ2) is 10.2. The minimum atomic E-state index is -0.851. The molecule has 0 saturated carbocycles. The number of fused-ring (bicyclic) bond motifs is 3. The first-order valence-corrected chi connectivity index (χ1v) is 13.4. The molecule has 3 aliphatic heterocycles. The first-order valence-electron chi connectivity index (χ1n) is 13.4. The number of nitrogens with zero attached hydrogens (tertiary/aromatic N) is 1. The lowest BCUT2D eigenvalue weighted by Gasteiger charge is -2.39. The van der Waals surface area contributed by atoms with Crippen LogP contribution in [-0.2, 0) is 36.6 Å². The molecular formula is C30H32FNO7. The Bertz CT molecular complexity index is 1330. The summed E-state index contributed by atoms with van der Waals surface area (Å²) in [4.78, 5) is 28.5. The van der Waals surface area contributed by atoms with E-state index in [4.69, 9.17) is 23.7 Å². The zero-order chi connectivity index (χ0) is 27.1. The van der Waals surface area contributed by atoms with Crippen molar-refractivity contribution in [1.82, 2.24) is 4.90 Å². The van der Waals surface area contributed by atoms with Gasteiger partial charge in [0.1, 0.15) is 11.6 Å². The molecular weight excluding hydrogens is 505 g/mol. The van der Waals surface area contributed by atoms with Crippen LogP contribution in [0.15, 0.2) is 48.2 Å². The van der Waals surface area contributed by atoms with Crippen LogP contribution in [0.4, 0.5) is 4.39 Å². The Kier molecular flexibility index (Phi) is 6.71. The number of rotatable bonds is 7. The molecule has 4 atom stereocenters. The topological polar surface area (TPSA) is 83.5 Å². The second-order valence-corrected chi connectivity index (χ2v) is 10.6. The summed E-state index contributed by atoms with van der Waals surface area (Å²) in [5, 5.41) is 0. The van der Waals surface area contributed by atoms with Crippen molar-refractivity contribution in [2.24, 2.45) is 5.92 Å². The van der Waals surface area contributed by atoms with Crippen LogP contribution in [-0.4, -0.2) is 62.6 Å². The fourth-order valence-electron chi connectivity index (χ4n) is 6.79. The summed E-state index contributed by atoms with van der Waals surface area (Å²) in [6, 6.07) is 10.1. The molecule has 2 aromatic rings. The standard InChI is InChI=1S/C30H32FNO7/c1-35-25-16-30-8-4-9-32(30)10-7-19-13-23-24(38-17-37-23)15-22(19)27(30)28(25)39-29(34)20(14-26(33)36-2)11-18-5-3-6-21(31)12-18/h3,5-6,12-13,15-16,20,27-28H,4,7-11,14,17H2,1-2H3/t20-,27+,28+,30-/m0/s1. The monoisotopic (exact) mass is 537 g/mol. The molecule has 0 unspecified atom stereocenters. The van der Waals surface area contributed by atoms with E-state index in [9.17, 15) is 14.0 Å². The normalized spacial score (nSPS) is 25.6. The average molecular weight is 538 g/mol. The maximum atomic E-state index is 13.9. The zero-order valence-electron chi connectivity index (χ0n) is 22.1. The quantitative estimate of drug-likeness (QED) is 0.492. The van der Waals surface area contributed by atoms with Gasteiger partial charge in [0.25, 0.3) is 0 Å². The van der Waals surface area contributed by atoms with Crippen molar-refractivity contribution in [2.75, 3.05) is 34.1 Å². The molecule has 206 valence electrons. The molecule has 6 rings (SSSR count). The number of carbonyl (C=O) groups is 2. The molecule has 1 spiro atoms. The van der Waals surface area contributed by atoms with Crippen LogP contribution in [0, 0.1) is 11.7 Å². The van der Waals surface area contributed by atoms with Gasteiger partial charge in [0.2, 0.25) is 6.79 Å². The minimum Gasteiger partial charge on any atom is -0.497 e. The van der Waals surface area contributed by atoms with Gasteiger partial charge in [-0.2, -0.15) is 0 Å². The molecule has 0 aromatic heterocycles. The number of halogens is 1. The van der Waals surface area contributed by atoms with Gasteiger partial charge in [-0.05, 0) is 79.3 Å². The summed E-state index contributed by atoms with van der Waals surface area (Å²) in [7, 11) is 2.87. The highest BCUT2D eigenvalue weighted by molar-refractivity contribution is 5.80. The van der Waals surface area contributed by atoms with Crippen LogP contribution >= 0.6 is 0 Å². The number of ether oxygens (including phenoxy) is 5. The third kappa shape index (κ3) is 4.52. The molecule has 0 bridgehead atoms. The maximum Gasteiger partial charge on any atom is 0.310 e. The third-order valence-corrected chi connectivity index (χ3v) is 8.55. The van der Waals surface area contributed by atoms with Gasteiger partial charge in [-0.1, -0.05) is 12.1 Å². The number of carbonyl (C=O) groups excluding carboxylic acids is 2. The predicted molar refractivity (Wildman–Crippen MR) is 138 cm³/mol. The third-order valence-electron chi connectivity index (χ3n) is 8.55. The Hall–Kier alpha value is -3.59. The molecule has 2 aromatic carbocycles. The van der Waals surface area contributed by atoms with E-state index >= 15 is 0 Å². The van der Waals surface area contributed by atoms with Gasteiger partial charge in [-0.25, -0.2) is 4.39 Å². The minimum absolute atomic E-state index is 0.141. The molecule has 1 saturated heterocycles. The summed E-state index contributed by atoms with van der Waals surface area (Å²) in [6.07, 6.45) is 4.16. The molecule has 9 heteroatoms. The first-order chi connectivity index (χ1) is 18.9. The van der Waals surface area contributed by atoms with Crippen LogP contribution < -0.4 is 9.47 Å². The molecule has 0 N–H and O–H groups in total. The van der Waals surface area contributed by atoms with Crippen LogP contribution in [0.5, 0.6) is 11.5 Å². The molecule has 0 amide bonds. The summed E-state index contributed by atoms with van der Waals surface area (Å²) < 4.78 is 42.3. The number of esters is 2. The van der Waals surface area contributed by atoms with E-state index in [2.05, 4.69) is 11.0 Å². The fraction of sp³-hybridized carbons (Fsp3) is 0.467. The van der Waals surface area contributed by atoms with Crippen LogP contribution in [0.2, 0.25) is 0 Å². The van der Waals surface area contributed by atoms with Crippen molar-refractivity contribution >= 4 is 11.9 Å². The van der Waals surface area contributed by atoms with Gasteiger partial charge < -0.3 is 23.7 Å². The predicted octanol–water partition coefficient (Wildman–Crippen LogP) is 3.91. The van der Waals surface area contributed by atoms with E-state index in [0.717, 1.165) is 49.2 Å². The van der Waals surface area contributed by atoms with Crippen molar-refractivity contribution in [3.05, 3.63) is 70.7 Å². The van der Waals surface area contributed by atoms with E-state index in [1.54, 1.807) is 19.2 Å². The second-order valence-electron chi connectivity index (χ2n) is 10.6. The van der Waals surface area contributed by atoms with E-state index in [0.29, 0.717) is 17.1 Å². The van der Waals surface area contributed by atoms with E-state index in [1.165, 1.54) is 19.2 Å². The zero-order valence-corrected chi connectivity index (χ0v) is 22.1. The Morgan fingerprint density at radius 3 is 2.74 bits per heavy atom. The molecule has 0 radical (unpaired) electrons. The van der Waals surface area contributed by atoms with Gasteiger partial charge in [0.05, 0.1) is 38.0 Å². The van der Waals surface area contributed by atoms with Crippen LogP contribution in [0.1, 0.15) is 41.9 Å². The smallest absolute Gasteiger partial charge is 0.310 e. The van der Waals surface area contributed by atoms with E-state index < -0.39 is 29.8 Å². The Balaban J connectivity index is 1.36. The number of hydrogen-bond donors (Lipinski definition) is 0. The number of hydrogen-bond acceptors (Lipinski definition) is 8. The molecule has 3 heterocycles. The average Bonchev–Trinajstić information content (AvgIpc) is 3.61. The summed E-state index contributed by atoms with van der Waals surface area (Å²) in [5.74, 6) is -0.567. The van der Waals surface area contributed by atoms with Crippen molar-refractivity contribution < 1.29 is 37.7 Å². The van der Waals surface area contributed by atoms with E-state index in [-0.39, 0.29) is 31.1 Å². The molecule has 8 nitrogen and oxygen atoms in total. The summed E-state index contributed by atoms with van der Waals surface area (Å²) in [6.45, 7) is 1.98. The lowest BCUT2D eigenvalue weighted by atomic mass is 9.77. The molecule has 4 aliphatic rings. The Labute approximate surface area is 226 Å². The van der Waals surface area contributed by atoms with Crippen molar-refractivity contribution in [1.29, 1.82) is 0 Å². The molecule has 39 heavy (non-hydrogen) atoms.